The summed E-state index contributed by atoms with van der Waals surface area (Å²) in [4.78, 5) is 73.5. The second-order valence-corrected chi connectivity index (χ2v) is 18.0. The highest BCUT2D eigenvalue weighted by atomic mass is 16.6. The van der Waals surface area contributed by atoms with Crippen molar-refractivity contribution in [2.24, 2.45) is 5.92 Å². The minimum Gasteiger partial charge on any atom is -0.460 e. The number of aromatic amines is 2. The molecule has 4 heterocycles. The number of unbranched alkanes of at least 4 members (excludes halogenated alkanes) is 1. The summed E-state index contributed by atoms with van der Waals surface area (Å²) in [5.74, 6) is 7.12. The van der Waals surface area contributed by atoms with Gasteiger partial charge in [-0.3, -0.25) is 14.4 Å². The zero-order valence-corrected chi connectivity index (χ0v) is 36.0. The molecule has 2 aromatic carbocycles. The highest BCUT2D eigenvalue weighted by Gasteiger charge is 2.38. The Balaban J connectivity index is 1.14. The molecular weight excluding hydrogens is 747 g/mol. The lowest BCUT2D eigenvalue weighted by atomic mass is 9.97. The first-order chi connectivity index (χ1) is 28.0. The van der Waals surface area contributed by atoms with Crippen LogP contribution in [0.1, 0.15) is 154 Å². The zero-order valence-electron chi connectivity index (χ0n) is 36.0. The van der Waals surface area contributed by atoms with E-state index in [9.17, 15) is 19.2 Å². The van der Waals surface area contributed by atoms with Crippen molar-refractivity contribution in [2.45, 2.75) is 149 Å². The van der Waals surface area contributed by atoms with Gasteiger partial charge in [0.25, 0.3) is 0 Å². The predicted molar refractivity (Wildman–Crippen MR) is 227 cm³/mol. The smallest absolute Gasteiger partial charge is 0.408 e. The number of imidazole rings is 2. The monoisotopic (exact) mass is 807 g/mol. The maximum absolute atomic E-state index is 13.9. The summed E-state index contributed by atoms with van der Waals surface area (Å²) in [6, 6.07) is 10.6. The summed E-state index contributed by atoms with van der Waals surface area (Å²) in [5.41, 5.74) is 3.62. The number of nitrogens with one attached hydrogen (secondary N) is 3. The highest BCUT2D eigenvalue weighted by Crippen LogP contribution is 2.35. The molecule has 2 aromatic heterocycles. The van der Waals surface area contributed by atoms with E-state index in [1.807, 2.05) is 73.9 Å². The maximum Gasteiger partial charge on any atom is 0.408 e. The van der Waals surface area contributed by atoms with Crippen LogP contribution >= 0.6 is 0 Å². The SMILES string of the molecule is CCCC[C@H](NC(=O)OC(C)(C)C)C(=O)N1CCC[C@H]1c1nc2ccc(C#Cc3ccc4nc([C@@H]5CCCN5C(=O)[C@H](CCC)CC(=O)OC(C)(C)C)[nH]c4c3)cc2[nH]1. The molecule has 2 fully saturated rings. The van der Waals surface area contributed by atoms with Crippen molar-refractivity contribution in [1.29, 1.82) is 0 Å². The number of H-pyrrole nitrogens is 2. The van der Waals surface area contributed by atoms with Gasteiger partial charge in [-0.1, -0.05) is 45.0 Å². The fraction of sp³-hybridized carbons (Fsp3) is 0.565. The number of fused-ring (bicyclic) bond motifs is 2. The number of alkyl carbamates (subject to hydrolysis) is 1. The van der Waals surface area contributed by atoms with Crippen LogP contribution in [0.4, 0.5) is 4.79 Å². The van der Waals surface area contributed by atoms with Crippen molar-refractivity contribution in [3.8, 4) is 11.8 Å². The van der Waals surface area contributed by atoms with Crippen LogP contribution in [0.5, 0.6) is 0 Å². The molecule has 4 atom stereocenters. The summed E-state index contributed by atoms with van der Waals surface area (Å²) >= 11 is 0. The largest absolute Gasteiger partial charge is 0.460 e. The van der Waals surface area contributed by atoms with E-state index >= 15 is 0 Å². The first-order valence-corrected chi connectivity index (χ1v) is 21.4. The molecule has 2 aliphatic heterocycles. The molecule has 0 radical (unpaired) electrons. The third-order valence-electron chi connectivity index (χ3n) is 10.7. The summed E-state index contributed by atoms with van der Waals surface area (Å²) in [6.07, 6.45) is 6.40. The number of carbonyl (C=O) groups is 4. The summed E-state index contributed by atoms with van der Waals surface area (Å²) in [5, 5.41) is 2.83. The Morgan fingerprint density at radius 1 is 0.763 bits per heavy atom. The van der Waals surface area contributed by atoms with E-state index in [4.69, 9.17) is 19.4 Å². The number of rotatable bonds is 12. The van der Waals surface area contributed by atoms with Crippen molar-refractivity contribution in [1.82, 2.24) is 35.1 Å². The summed E-state index contributed by atoms with van der Waals surface area (Å²) < 4.78 is 11.0. The van der Waals surface area contributed by atoms with Gasteiger partial charge in [0.2, 0.25) is 11.8 Å². The molecule has 2 aliphatic rings. The number of carbonyl (C=O) groups excluding carboxylic acids is 4. The Morgan fingerprint density at radius 2 is 1.29 bits per heavy atom. The first-order valence-electron chi connectivity index (χ1n) is 21.4. The topological polar surface area (TPSA) is 163 Å². The lowest BCUT2D eigenvalue weighted by Gasteiger charge is -2.29. The van der Waals surface area contributed by atoms with Crippen molar-refractivity contribution < 1.29 is 28.7 Å². The highest BCUT2D eigenvalue weighted by molar-refractivity contribution is 5.87. The third kappa shape index (κ3) is 11.0. The average Bonchev–Trinajstić information content (AvgIpc) is 3.98. The molecule has 59 heavy (non-hydrogen) atoms. The Kier molecular flexibility index (Phi) is 13.4. The van der Waals surface area contributed by atoms with Crippen LogP contribution in [0, 0.1) is 17.8 Å². The molecule has 13 heteroatoms. The average molecular weight is 808 g/mol. The second kappa shape index (κ2) is 18.3. The molecule has 316 valence electrons. The van der Waals surface area contributed by atoms with Gasteiger partial charge in [-0.15, -0.1) is 0 Å². The first kappa shape index (κ1) is 43.2. The van der Waals surface area contributed by atoms with Gasteiger partial charge in [-0.2, -0.15) is 0 Å². The fourth-order valence-electron chi connectivity index (χ4n) is 8.10. The van der Waals surface area contributed by atoms with Crippen molar-refractivity contribution in [3.05, 3.63) is 59.2 Å². The molecule has 0 aliphatic carbocycles. The molecule has 0 bridgehead atoms. The summed E-state index contributed by atoms with van der Waals surface area (Å²) in [7, 11) is 0. The number of hydrogen-bond donors (Lipinski definition) is 3. The van der Waals surface area contributed by atoms with Gasteiger partial charge in [0, 0.05) is 30.1 Å². The number of nitrogens with zero attached hydrogens (tertiary/aromatic N) is 4. The molecule has 13 nitrogen and oxygen atoms in total. The number of ether oxygens (including phenoxy) is 2. The molecule has 2 saturated heterocycles. The van der Waals surface area contributed by atoms with Gasteiger partial charge in [0.15, 0.2) is 0 Å². The van der Waals surface area contributed by atoms with E-state index in [1.54, 1.807) is 20.8 Å². The fourth-order valence-corrected chi connectivity index (χ4v) is 8.10. The minimum absolute atomic E-state index is 0.0220. The Hall–Kier alpha value is -5.38. The summed E-state index contributed by atoms with van der Waals surface area (Å²) in [6.45, 7) is 16.2. The molecule has 4 aromatic rings. The molecule has 3 amide bonds. The second-order valence-electron chi connectivity index (χ2n) is 18.0. The molecular formula is C46H61N7O6. The molecule has 0 saturated carbocycles. The number of likely N-dealkylation sites (tertiary alicyclic amines) is 2. The van der Waals surface area contributed by atoms with E-state index in [2.05, 4.69) is 34.0 Å². The number of benzene rings is 2. The van der Waals surface area contributed by atoms with Gasteiger partial charge < -0.3 is 34.6 Å². The third-order valence-corrected chi connectivity index (χ3v) is 10.7. The zero-order chi connectivity index (χ0) is 42.5. The van der Waals surface area contributed by atoms with Gasteiger partial charge in [-0.25, -0.2) is 14.8 Å². The van der Waals surface area contributed by atoms with E-state index < -0.39 is 29.3 Å². The van der Waals surface area contributed by atoms with Gasteiger partial charge >= 0.3 is 12.1 Å². The van der Waals surface area contributed by atoms with Crippen LogP contribution < -0.4 is 5.32 Å². The maximum atomic E-state index is 13.9. The van der Waals surface area contributed by atoms with Gasteiger partial charge in [0.05, 0.1) is 40.6 Å². The standard InChI is InChI=1S/C46H61N7O6/c1-9-11-15-34(51-44(57)59-46(6,7)8)43(56)53-25-13-17-38(53)41-48-33-23-21-30(27-36(33)50-41)19-18-29-20-22-32-35(26-29)49-40(47-32)37-16-12-24-52(37)42(55)31(14-10-2)28-39(54)58-45(3,4)5/h20-23,26-27,31,34,37-38H,9-17,24-25,28H2,1-8H3,(H,47,49)(H,48,50)(H,51,57)/t31-,34+,37+,38+/m1/s1. The van der Waals surface area contributed by atoms with E-state index in [-0.39, 0.29) is 36.3 Å². The lowest BCUT2D eigenvalue weighted by Crippen LogP contribution is -2.49. The number of hydrogen-bond acceptors (Lipinski definition) is 8. The normalized spacial score (nSPS) is 18.1. The Morgan fingerprint density at radius 3 is 1.78 bits per heavy atom. The van der Waals surface area contributed by atoms with Crippen LogP contribution in [0.15, 0.2) is 36.4 Å². The van der Waals surface area contributed by atoms with Gasteiger partial charge in [0.1, 0.15) is 28.9 Å². The molecule has 0 unspecified atom stereocenters. The number of aromatic nitrogens is 4. The molecule has 3 N–H and O–H groups in total. The lowest BCUT2D eigenvalue weighted by molar-refractivity contribution is -0.158. The Bertz CT molecular complexity index is 2220. The van der Waals surface area contributed by atoms with Gasteiger partial charge in [-0.05, 0) is 116 Å². The van der Waals surface area contributed by atoms with Crippen LogP contribution in [0.25, 0.3) is 22.1 Å². The molecule has 0 spiro atoms. The van der Waals surface area contributed by atoms with Crippen molar-refractivity contribution in [3.63, 3.8) is 0 Å². The van der Waals surface area contributed by atoms with Crippen LogP contribution in [0.3, 0.4) is 0 Å². The predicted octanol–water partition coefficient (Wildman–Crippen LogP) is 8.40. The number of amides is 3. The minimum atomic E-state index is -0.675. The van der Waals surface area contributed by atoms with E-state index in [1.165, 1.54) is 0 Å². The Labute approximate surface area is 347 Å². The van der Waals surface area contributed by atoms with Crippen LogP contribution in [-0.4, -0.2) is 83.9 Å². The van der Waals surface area contributed by atoms with Crippen LogP contribution in [0.2, 0.25) is 0 Å². The van der Waals surface area contributed by atoms with Crippen molar-refractivity contribution >= 4 is 45.9 Å². The van der Waals surface area contributed by atoms with Crippen LogP contribution in [-0.2, 0) is 23.9 Å². The van der Waals surface area contributed by atoms with E-state index in [0.29, 0.717) is 25.9 Å². The quantitative estimate of drug-likeness (QED) is 0.0950. The molecule has 6 rings (SSSR count). The van der Waals surface area contributed by atoms with E-state index in [0.717, 1.165) is 89.8 Å². The number of esters is 1. The van der Waals surface area contributed by atoms with Crippen molar-refractivity contribution in [2.75, 3.05) is 13.1 Å².